The highest BCUT2D eigenvalue weighted by Crippen LogP contribution is 2.43. The number of rotatable bonds is 6. The molecular formula is C25H27F4N3O4S. The molecule has 0 unspecified atom stereocenters. The number of sulfonamides is 1. The molecule has 1 aromatic carbocycles. The molecule has 0 spiro atoms. The van der Waals surface area contributed by atoms with Crippen molar-refractivity contribution < 1.29 is 35.9 Å². The maximum atomic E-state index is 14.9. The maximum absolute atomic E-state index is 14.9. The smallest absolute Gasteiger partial charge is 0.407 e. The number of halogens is 4. The normalized spacial score (nSPS) is 15.6. The summed E-state index contributed by atoms with van der Waals surface area (Å²) in [7, 11) is -4.60. The van der Waals surface area contributed by atoms with Crippen LogP contribution >= 0.6 is 0 Å². The molecule has 3 aromatic rings. The molecular weight excluding hydrogens is 514 g/mol. The number of nitrogens with zero attached hydrogens (tertiary/aromatic N) is 2. The predicted octanol–water partition coefficient (Wildman–Crippen LogP) is 5.89. The van der Waals surface area contributed by atoms with Crippen LogP contribution in [0.25, 0.3) is 22.3 Å². The molecule has 2 N–H and O–H groups in total. The molecule has 1 aliphatic carbocycles. The van der Waals surface area contributed by atoms with Crippen molar-refractivity contribution in [2.75, 3.05) is 0 Å². The summed E-state index contributed by atoms with van der Waals surface area (Å²) >= 11 is 0. The topological polar surface area (TPSA) is 101 Å². The van der Waals surface area contributed by atoms with Crippen molar-refractivity contribution in [3.05, 3.63) is 46.9 Å². The van der Waals surface area contributed by atoms with Crippen LogP contribution in [0.3, 0.4) is 0 Å². The van der Waals surface area contributed by atoms with Gasteiger partial charge in [0.15, 0.2) is 0 Å². The number of aromatic carboxylic acids is 1. The minimum atomic E-state index is -4.84. The van der Waals surface area contributed by atoms with Gasteiger partial charge < -0.3 is 9.67 Å². The second-order valence-electron chi connectivity index (χ2n) is 9.97. The van der Waals surface area contributed by atoms with Crippen molar-refractivity contribution in [1.82, 2.24) is 14.3 Å². The van der Waals surface area contributed by atoms with E-state index in [4.69, 9.17) is 0 Å². The fourth-order valence-corrected chi connectivity index (χ4v) is 6.28. The molecule has 2 heterocycles. The Labute approximate surface area is 211 Å². The second kappa shape index (κ2) is 9.09. The Morgan fingerprint density at radius 1 is 1.16 bits per heavy atom. The minimum Gasteiger partial charge on any atom is -0.478 e. The first-order valence-electron chi connectivity index (χ1n) is 11.7. The number of pyridine rings is 1. The van der Waals surface area contributed by atoms with Gasteiger partial charge in [0.05, 0.1) is 22.5 Å². The molecule has 0 amide bonds. The Hall–Kier alpha value is -2.99. The average Bonchev–Trinajstić information content (AvgIpc) is 3.42. The van der Waals surface area contributed by atoms with Gasteiger partial charge in [-0.2, -0.15) is 17.9 Å². The van der Waals surface area contributed by atoms with Crippen molar-refractivity contribution in [1.29, 1.82) is 0 Å². The number of aryl methyl sites for hydroxylation is 2. The Morgan fingerprint density at radius 2 is 1.78 bits per heavy atom. The molecule has 0 aliphatic heterocycles. The van der Waals surface area contributed by atoms with E-state index in [0.717, 1.165) is 37.9 Å². The summed E-state index contributed by atoms with van der Waals surface area (Å²) in [6.45, 7) is 4.52. The number of carbonyl (C=O) groups is 1. The summed E-state index contributed by atoms with van der Waals surface area (Å²) in [5.74, 6) is -1.81. The van der Waals surface area contributed by atoms with Crippen molar-refractivity contribution in [2.45, 2.75) is 76.0 Å². The number of nitrogens with one attached hydrogen (secondary N) is 1. The summed E-state index contributed by atoms with van der Waals surface area (Å²) in [6, 6.07) is 3.88. The van der Waals surface area contributed by atoms with Crippen LogP contribution in [0.1, 0.15) is 67.1 Å². The fraction of sp³-hybridized carbons (Fsp3) is 0.440. The zero-order chi connectivity index (χ0) is 27.5. The van der Waals surface area contributed by atoms with Crippen LogP contribution in [0, 0.1) is 19.7 Å². The summed E-state index contributed by atoms with van der Waals surface area (Å²) in [6.07, 6.45) is -0.544. The van der Waals surface area contributed by atoms with Gasteiger partial charge in [0.2, 0.25) is 10.0 Å². The summed E-state index contributed by atoms with van der Waals surface area (Å²) in [5, 5.41) is 10.4. The first-order valence-corrected chi connectivity index (χ1v) is 13.2. The van der Waals surface area contributed by atoms with Crippen LogP contribution in [0.15, 0.2) is 29.3 Å². The van der Waals surface area contributed by atoms with Gasteiger partial charge in [-0.25, -0.2) is 17.6 Å². The molecule has 0 saturated heterocycles. The molecule has 37 heavy (non-hydrogen) atoms. The third kappa shape index (κ3) is 4.61. The number of carboxylic acids is 1. The number of hydrogen-bond acceptors (Lipinski definition) is 4. The van der Waals surface area contributed by atoms with E-state index in [0.29, 0.717) is 24.9 Å². The lowest BCUT2D eigenvalue weighted by molar-refractivity contribution is -0.180. The lowest BCUT2D eigenvalue weighted by atomic mass is 10.0. The summed E-state index contributed by atoms with van der Waals surface area (Å²) in [4.78, 5) is 16.2. The van der Waals surface area contributed by atoms with Crippen molar-refractivity contribution in [3.63, 3.8) is 0 Å². The molecule has 0 atom stereocenters. The van der Waals surface area contributed by atoms with E-state index in [1.807, 2.05) is 4.57 Å². The van der Waals surface area contributed by atoms with Crippen LogP contribution in [-0.4, -0.2) is 40.8 Å². The molecule has 200 valence electrons. The number of hydrogen-bond donors (Lipinski definition) is 2. The Morgan fingerprint density at radius 3 is 2.30 bits per heavy atom. The lowest BCUT2D eigenvalue weighted by Crippen LogP contribution is -2.54. The van der Waals surface area contributed by atoms with E-state index in [1.54, 1.807) is 17.7 Å². The van der Waals surface area contributed by atoms with E-state index in [1.165, 1.54) is 13.0 Å². The van der Waals surface area contributed by atoms with Gasteiger partial charge >= 0.3 is 12.1 Å². The molecule has 1 saturated carbocycles. The summed E-state index contributed by atoms with van der Waals surface area (Å²) < 4.78 is 83.4. The first kappa shape index (κ1) is 27.1. The molecule has 0 radical (unpaired) electrons. The number of alkyl halides is 3. The third-order valence-electron chi connectivity index (χ3n) is 6.94. The molecule has 1 aliphatic rings. The van der Waals surface area contributed by atoms with Gasteiger partial charge in [-0.3, -0.25) is 4.98 Å². The zero-order valence-corrected chi connectivity index (χ0v) is 21.5. The SMILES string of the molecule is Cc1cc2c(c(C)c1F)c(C(=O)O)c(-c1ccc(S(=O)(=O)NC(C)(C)C(F)(F)F)cn1)n2C1CCCC1. The van der Waals surface area contributed by atoms with Crippen LogP contribution in [0.5, 0.6) is 0 Å². The van der Waals surface area contributed by atoms with Crippen LogP contribution < -0.4 is 4.72 Å². The van der Waals surface area contributed by atoms with E-state index in [-0.39, 0.29) is 33.9 Å². The quantitative estimate of drug-likeness (QED) is 0.379. The van der Waals surface area contributed by atoms with Crippen LogP contribution in [-0.2, 0) is 10.0 Å². The van der Waals surface area contributed by atoms with Crippen molar-refractivity contribution in [2.24, 2.45) is 0 Å². The van der Waals surface area contributed by atoms with E-state index >= 15 is 0 Å². The number of fused-ring (bicyclic) bond motifs is 1. The molecule has 2 aromatic heterocycles. The average molecular weight is 542 g/mol. The maximum Gasteiger partial charge on any atom is 0.407 e. The van der Waals surface area contributed by atoms with Crippen LogP contribution in [0.4, 0.5) is 17.6 Å². The highest BCUT2D eigenvalue weighted by Gasteiger charge is 2.50. The number of carboxylic acid groups (broad SMARTS) is 1. The molecule has 12 heteroatoms. The molecule has 7 nitrogen and oxygen atoms in total. The van der Waals surface area contributed by atoms with Gasteiger partial charge in [0.1, 0.15) is 16.3 Å². The fourth-order valence-electron chi connectivity index (χ4n) is 4.94. The monoisotopic (exact) mass is 541 g/mol. The van der Waals surface area contributed by atoms with Crippen molar-refractivity contribution in [3.8, 4) is 11.4 Å². The van der Waals surface area contributed by atoms with E-state index in [2.05, 4.69) is 4.98 Å². The Balaban J connectivity index is 1.92. The third-order valence-corrected chi connectivity index (χ3v) is 8.58. The highest BCUT2D eigenvalue weighted by atomic mass is 32.2. The molecule has 1 fully saturated rings. The highest BCUT2D eigenvalue weighted by molar-refractivity contribution is 7.89. The summed E-state index contributed by atoms with van der Waals surface area (Å²) in [5.41, 5.74) is -1.47. The Bertz CT molecular complexity index is 1490. The van der Waals surface area contributed by atoms with Crippen molar-refractivity contribution >= 4 is 26.9 Å². The molecule has 4 rings (SSSR count). The van der Waals surface area contributed by atoms with Gasteiger partial charge in [-0.15, -0.1) is 0 Å². The first-order chi connectivity index (χ1) is 17.1. The number of aromatic nitrogens is 2. The molecule has 0 bridgehead atoms. The van der Waals surface area contributed by atoms with Gasteiger partial charge in [0.25, 0.3) is 0 Å². The predicted molar refractivity (Wildman–Crippen MR) is 130 cm³/mol. The second-order valence-corrected chi connectivity index (χ2v) is 11.7. The van der Waals surface area contributed by atoms with E-state index in [9.17, 15) is 35.9 Å². The van der Waals surface area contributed by atoms with E-state index < -0.39 is 38.4 Å². The largest absolute Gasteiger partial charge is 0.478 e. The van der Waals surface area contributed by atoms with Gasteiger partial charge in [-0.1, -0.05) is 12.8 Å². The van der Waals surface area contributed by atoms with Crippen LogP contribution in [0.2, 0.25) is 0 Å². The Kier molecular flexibility index (Phi) is 6.64. The zero-order valence-electron chi connectivity index (χ0n) is 20.7. The minimum absolute atomic E-state index is 0.0747. The van der Waals surface area contributed by atoms with Gasteiger partial charge in [-0.05, 0) is 69.9 Å². The standard InChI is InChI=1S/C25H27F4N3O4S/c1-13-11-18-19(14(2)21(13)26)20(23(33)34)22(32(18)15-7-5-6-8-15)17-10-9-16(12-30-17)37(35,36)31-24(3,4)25(27,28)29/h9-12,15,31H,5-8H2,1-4H3,(H,33,34). The lowest BCUT2D eigenvalue weighted by Gasteiger charge is -2.28. The number of benzene rings is 1. The van der Waals surface area contributed by atoms with Gasteiger partial charge in [0, 0.05) is 17.6 Å².